The molecular formula is C21H22FN4O2S+. The summed E-state index contributed by atoms with van der Waals surface area (Å²) in [7, 11) is 0. The fourth-order valence-corrected chi connectivity index (χ4v) is 5.24. The zero-order chi connectivity index (χ0) is 20.0. The lowest BCUT2D eigenvalue weighted by atomic mass is 9.95. The second-order valence-corrected chi connectivity index (χ2v) is 8.73. The van der Waals surface area contributed by atoms with Crippen LogP contribution < -0.4 is 4.90 Å². The SMILES string of the molecule is CC1CC[NH+]([C@H](c2ccc(F)cc2)c2sc3nc(-c4ccco4)nn3c2O)CC1. The minimum atomic E-state index is -0.260. The van der Waals surface area contributed by atoms with Crippen LogP contribution in [0.4, 0.5) is 4.39 Å². The number of halogens is 1. The van der Waals surface area contributed by atoms with E-state index in [1.165, 1.54) is 32.9 Å². The lowest BCUT2D eigenvalue weighted by Crippen LogP contribution is -3.13. The van der Waals surface area contributed by atoms with Crippen molar-refractivity contribution < 1.29 is 18.8 Å². The minimum Gasteiger partial charge on any atom is -0.492 e. The van der Waals surface area contributed by atoms with E-state index in [2.05, 4.69) is 17.0 Å². The number of rotatable bonds is 4. The molecule has 5 rings (SSSR count). The Kier molecular flexibility index (Phi) is 4.60. The number of fused-ring (bicyclic) bond motifs is 1. The Labute approximate surface area is 171 Å². The number of aromatic nitrogens is 3. The van der Waals surface area contributed by atoms with E-state index in [1.54, 1.807) is 18.4 Å². The highest BCUT2D eigenvalue weighted by atomic mass is 32.1. The molecule has 0 amide bonds. The van der Waals surface area contributed by atoms with Crippen LogP contribution in [0.3, 0.4) is 0 Å². The number of aromatic hydroxyl groups is 1. The smallest absolute Gasteiger partial charge is 0.235 e. The first kappa shape index (κ1) is 18.3. The van der Waals surface area contributed by atoms with Crippen molar-refractivity contribution in [1.82, 2.24) is 14.6 Å². The standard InChI is InChI=1S/C21H21FN4O2S/c1-13-8-10-25(11-9-13)17(14-4-6-15(22)7-5-14)18-20(27)26-21(29-18)23-19(24-26)16-3-2-12-28-16/h2-7,12-13,17,27H,8-11H2,1H3/p+1/t17-/m1/s1. The fourth-order valence-electron chi connectivity index (χ4n) is 4.10. The predicted molar refractivity (Wildman–Crippen MR) is 108 cm³/mol. The lowest BCUT2D eigenvalue weighted by molar-refractivity contribution is -0.931. The average molecular weight is 413 g/mol. The second kappa shape index (κ2) is 7.27. The van der Waals surface area contributed by atoms with Gasteiger partial charge in [-0.05, 0) is 55.2 Å². The molecule has 3 aromatic heterocycles. The van der Waals surface area contributed by atoms with Crippen molar-refractivity contribution in [1.29, 1.82) is 0 Å². The van der Waals surface area contributed by atoms with E-state index in [0.29, 0.717) is 22.5 Å². The molecule has 29 heavy (non-hydrogen) atoms. The monoisotopic (exact) mass is 413 g/mol. The van der Waals surface area contributed by atoms with E-state index in [4.69, 9.17) is 4.42 Å². The maximum Gasteiger partial charge on any atom is 0.235 e. The first-order valence-electron chi connectivity index (χ1n) is 9.82. The lowest BCUT2D eigenvalue weighted by Gasteiger charge is -2.33. The van der Waals surface area contributed by atoms with E-state index >= 15 is 0 Å². The number of benzene rings is 1. The van der Waals surface area contributed by atoms with Gasteiger partial charge in [0.05, 0.1) is 19.4 Å². The van der Waals surface area contributed by atoms with E-state index in [-0.39, 0.29) is 17.7 Å². The van der Waals surface area contributed by atoms with Gasteiger partial charge in [-0.15, -0.1) is 5.10 Å². The molecule has 2 N–H and O–H groups in total. The molecule has 0 bridgehead atoms. The zero-order valence-corrected chi connectivity index (χ0v) is 16.8. The second-order valence-electron chi connectivity index (χ2n) is 7.72. The normalized spacial score (nSPS) is 20.9. The third kappa shape index (κ3) is 3.32. The van der Waals surface area contributed by atoms with Crippen molar-refractivity contribution in [3.05, 3.63) is 58.9 Å². The topological polar surface area (TPSA) is 68.0 Å². The van der Waals surface area contributed by atoms with Crippen LogP contribution in [-0.4, -0.2) is 32.8 Å². The van der Waals surface area contributed by atoms with E-state index < -0.39 is 0 Å². The summed E-state index contributed by atoms with van der Waals surface area (Å²) >= 11 is 1.43. The number of quaternary nitrogens is 1. The minimum absolute atomic E-state index is 0.0799. The quantitative estimate of drug-likeness (QED) is 0.539. The van der Waals surface area contributed by atoms with Crippen LogP contribution in [0.2, 0.25) is 0 Å². The number of nitrogens with zero attached hydrogens (tertiary/aromatic N) is 3. The molecule has 4 aromatic rings. The van der Waals surface area contributed by atoms with Gasteiger partial charge in [-0.1, -0.05) is 18.3 Å². The summed E-state index contributed by atoms with van der Waals surface area (Å²) in [6.45, 7) is 4.29. The molecule has 1 aliphatic heterocycles. The summed E-state index contributed by atoms with van der Waals surface area (Å²) in [5, 5.41) is 15.4. The molecule has 6 nitrogen and oxygen atoms in total. The van der Waals surface area contributed by atoms with Crippen molar-refractivity contribution in [3.63, 3.8) is 0 Å². The highest BCUT2D eigenvalue weighted by Gasteiger charge is 2.35. The molecule has 0 radical (unpaired) electrons. The number of hydrogen-bond donors (Lipinski definition) is 2. The van der Waals surface area contributed by atoms with Crippen LogP contribution in [0.25, 0.3) is 16.5 Å². The highest BCUT2D eigenvalue weighted by molar-refractivity contribution is 7.17. The number of nitrogens with one attached hydrogen (secondary N) is 1. The fraction of sp³-hybridized carbons (Fsp3) is 0.333. The van der Waals surface area contributed by atoms with Gasteiger partial charge in [0.15, 0.2) is 11.8 Å². The largest absolute Gasteiger partial charge is 0.492 e. The summed E-state index contributed by atoms with van der Waals surface area (Å²) in [6, 6.07) is 10.1. The Balaban J connectivity index is 1.57. The molecule has 150 valence electrons. The van der Waals surface area contributed by atoms with Gasteiger partial charge in [-0.2, -0.15) is 9.50 Å². The Bertz CT molecular complexity index is 1110. The summed E-state index contributed by atoms with van der Waals surface area (Å²) in [5.41, 5.74) is 0.988. The molecule has 0 spiro atoms. The van der Waals surface area contributed by atoms with Gasteiger partial charge >= 0.3 is 0 Å². The van der Waals surface area contributed by atoms with Crippen LogP contribution in [0.5, 0.6) is 5.88 Å². The number of furan rings is 1. The Morgan fingerprint density at radius 3 is 2.66 bits per heavy atom. The van der Waals surface area contributed by atoms with Gasteiger partial charge in [0.1, 0.15) is 10.7 Å². The van der Waals surface area contributed by atoms with Crippen LogP contribution in [0, 0.1) is 11.7 Å². The number of hydrogen-bond acceptors (Lipinski definition) is 5. The molecule has 0 aliphatic carbocycles. The third-order valence-electron chi connectivity index (χ3n) is 5.73. The third-order valence-corrected chi connectivity index (χ3v) is 6.82. The van der Waals surface area contributed by atoms with E-state index in [0.717, 1.165) is 36.4 Å². The van der Waals surface area contributed by atoms with Crippen LogP contribution >= 0.6 is 11.3 Å². The van der Waals surface area contributed by atoms with E-state index in [1.807, 2.05) is 12.1 Å². The molecule has 1 fully saturated rings. The molecule has 1 atom stereocenters. The zero-order valence-electron chi connectivity index (χ0n) is 16.0. The van der Waals surface area contributed by atoms with E-state index in [9.17, 15) is 9.50 Å². The van der Waals surface area contributed by atoms with Crippen molar-refractivity contribution >= 4 is 16.3 Å². The van der Waals surface area contributed by atoms with Gasteiger partial charge in [0, 0.05) is 5.56 Å². The summed E-state index contributed by atoms with van der Waals surface area (Å²) in [5.74, 6) is 1.55. The van der Waals surface area contributed by atoms with Crippen molar-refractivity contribution in [2.75, 3.05) is 13.1 Å². The predicted octanol–water partition coefficient (Wildman–Crippen LogP) is 3.30. The van der Waals surface area contributed by atoms with Gasteiger partial charge < -0.3 is 14.4 Å². The molecular weight excluding hydrogens is 391 g/mol. The summed E-state index contributed by atoms with van der Waals surface area (Å²) < 4.78 is 20.4. The van der Waals surface area contributed by atoms with Crippen molar-refractivity contribution in [3.8, 4) is 17.5 Å². The first-order chi connectivity index (χ1) is 14.1. The van der Waals surface area contributed by atoms with Crippen LogP contribution in [0.1, 0.15) is 36.2 Å². The number of likely N-dealkylation sites (tertiary alicyclic amines) is 1. The molecule has 4 heterocycles. The number of thiazole rings is 1. The van der Waals surface area contributed by atoms with Gasteiger partial charge in [-0.3, -0.25) is 0 Å². The molecule has 1 aromatic carbocycles. The molecule has 0 unspecified atom stereocenters. The van der Waals surface area contributed by atoms with Crippen LogP contribution in [-0.2, 0) is 0 Å². The first-order valence-corrected chi connectivity index (χ1v) is 10.6. The van der Waals surface area contributed by atoms with Gasteiger partial charge in [0.2, 0.25) is 16.7 Å². The van der Waals surface area contributed by atoms with Crippen LogP contribution in [0.15, 0.2) is 47.1 Å². The summed E-state index contributed by atoms with van der Waals surface area (Å²) in [6.07, 6.45) is 3.84. The van der Waals surface area contributed by atoms with Gasteiger partial charge in [-0.25, -0.2) is 4.39 Å². The average Bonchev–Trinajstić information content (AvgIpc) is 3.44. The number of piperidine rings is 1. The van der Waals surface area contributed by atoms with Crippen molar-refractivity contribution in [2.45, 2.75) is 25.8 Å². The Hall–Kier alpha value is -2.71. The Morgan fingerprint density at radius 1 is 1.24 bits per heavy atom. The highest BCUT2D eigenvalue weighted by Crippen LogP contribution is 2.36. The molecule has 1 saturated heterocycles. The van der Waals surface area contributed by atoms with Crippen molar-refractivity contribution in [2.24, 2.45) is 5.92 Å². The maximum atomic E-state index is 13.5. The van der Waals surface area contributed by atoms with Gasteiger partial charge in [0.25, 0.3) is 0 Å². The summed E-state index contributed by atoms with van der Waals surface area (Å²) in [4.78, 5) is 7.33. The molecule has 8 heteroatoms. The maximum absolute atomic E-state index is 13.5. The molecule has 1 aliphatic rings. The Morgan fingerprint density at radius 2 is 2.00 bits per heavy atom. The molecule has 0 saturated carbocycles.